The van der Waals surface area contributed by atoms with Crippen molar-refractivity contribution >= 4 is 34.9 Å². The summed E-state index contributed by atoms with van der Waals surface area (Å²) in [6, 6.07) is 4.46. The smallest absolute Gasteiger partial charge is 0.322 e. The number of methoxy groups -OCH3 is 1. The van der Waals surface area contributed by atoms with Gasteiger partial charge in [-0.05, 0) is 25.1 Å². The van der Waals surface area contributed by atoms with Crippen LogP contribution in [-0.2, 0) is 16.1 Å². The van der Waals surface area contributed by atoms with Gasteiger partial charge in [-0.1, -0.05) is 11.6 Å². The first-order chi connectivity index (χ1) is 11.9. The van der Waals surface area contributed by atoms with Crippen molar-refractivity contribution in [2.24, 2.45) is 0 Å². The van der Waals surface area contributed by atoms with Crippen LogP contribution in [0.2, 0.25) is 5.02 Å². The molecule has 3 N–H and O–H groups in total. The van der Waals surface area contributed by atoms with Crippen LogP contribution in [0.25, 0.3) is 0 Å². The van der Waals surface area contributed by atoms with Gasteiger partial charge < -0.3 is 25.3 Å². The number of imidazole rings is 1. The first kappa shape index (κ1) is 18.8. The Morgan fingerprint density at radius 3 is 2.76 bits per heavy atom. The van der Waals surface area contributed by atoms with E-state index >= 15 is 0 Å². The Labute approximate surface area is 150 Å². The molecule has 8 nitrogen and oxygen atoms in total. The van der Waals surface area contributed by atoms with Crippen LogP contribution in [0.4, 0.5) is 16.2 Å². The number of carbonyl (C=O) groups is 2. The molecule has 2 aromatic rings. The number of hydrogen-bond donors (Lipinski definition) is 3. The molecule has 25 heavy (non-hydrogen) atoms. The molecule has 0 saturated carbocycles. The standard InChI is InChI=1S/C16H20ClN5O3/c1-10-7-18-14(19-10)8-22(2)16(24)21-13-6-11(4-5-12(13)17)20-15(23)9-25-3/h4-7H,8-9H2,1-3H3,(H,18,19)(H,20,23)(H,21,24). The van der Waals surface area contributed by atoms with Gasteiger partial charge in [0, 0.05) is 31.7 Å². The largest absolute Gasteiger partial charge is 0.375 e. The van der Waals surface area contributed by atoms with Crippen molar-refractivity contribution in [1.82, 2.24) is 14.9 Å². The minimum Gasteiger partial charge on any atom is -0.375 e. The quantitative estimate of drug-likeness (QED) is 0.732. The maximum atomic E-state index is 12.3. The van der Waals surface area contributed by atoms with Crippen LogP contribution in [0.3, 0.4) is 0 Å². The highest BCUT2D eigenvalue weighted by atomic mass is 35.5. The summed E-state index contributed by atoms with van der Waals surface area (Å²) in [5.74, 6) is 0.384. The fourth-order valence-electron chi connectivity index (χ4n) is 2.08. The minimum atomic E-state index is -0.351. The number of rotatable bonds is 6. The minimum absolute atomic E-state index is 0.0599. The molecule has 1 aromatic heterocycles. The molecule has 0 bridgehead atoms. The van der Waals surface area contributed by atoms with Gasteiger partial charge in [0.25, 0.3) is 0 Å². The fraction of sp³-hybridized carbons (Fsp3) is 0.312. The SMILES string of the molecule is COCC(=O)Nc1ccc(Cl)c(NC(=O)N(C)Cc2ncc(C)[nH]2)c1. The van der Waals surface area contributed by atoms with Crippen LogP contribution in [0.5, 0.6) is 0 Å². The van der Waals surface area contributed by atoms with Gasteiger partial charge in [0.2, 0.25) is 5.91 Å². The van der Waals surface area contributed by atoms with Gasteiger partial charge in [-0.25, -0.2) is 9.78 Å². The predicted octanol–water partition coefficient (Wildman–Crippen LogP) is 2.62. The second-order valence-electron chi connectivity index (χ2n) is 5.47. The summed E-state index contributed by atoms with van der Waals surface area (Å²) < 4.78 is 4.76. The van der Waals surface area contributed by atoms with E-state index < -0.39 is 0 Å². The number of aromatic amines is 1. The first-order valence-corrected chi connectivity index (χ1v) is 7.87. The van der Waals surface area contributed by atoms with Crippen molar-refractivity contribution in [2.75, 3.05) is 31.4 Å². The number of aryl methyl sites for hydroxylation is 1. The number of benzene rings is 1. The van der Waals surface area contributed by atoms with E-state index in [9.17, 15) is 9.59 Å². The maximum absolute atomic E-state index is 12.3. The molecule has 1 heterocycles. The topological polar surface area (TPSA) is 99.3 Å². The Balaban J connectivity index is 2.02. The molecule has 2 rings (SSSR count). The number of ether oxygens (including phenoxy) is 1. The molecule has 134 valence electrons. The number of carbonyl (C=O) groups excluding carboxylic acids is 2. The lowest BCUT2D eigenvalue weighted by atomic mass is 10.2. The summed E-state index contributed by atoms with van der Waals surface area (Å²) in [6.07, 6.45) is 1.70. The molecule has 0 unspecified atom stereocenters. The lowest BCUT2D eigenvalue weighted by Crippen LogP contribution is -2.31. The number of hydrogen-bond acceptors (Lipinski definition) is 4. The third-order valence-electron chi connectivity index (χ3n) is 3.26. The molecule has 0 spiro atoms. The highest BCUT2D eigenvalue weighted by molar-refractivity contribution is 6.33. The second-order valence-corrected chi connectivity index (χ2v) is 5.88. The predicted molar refractivity (Wildman–Crippen MR) is 95.8 cm³/mol. The summed E-state index contributed by atoms with van der Waals surface area (Å²) >= 11 is 6.12. The molecule has 9 heteroatoms. The fourth-order valence-corrected chi connectivity index (χ4v) is 2.25. The van der Waals surface area contributed by atoms with Gasteiger partial charge in [0.05, 0.1) is 17.3 Å². The van der Waals surface area contributed by atoms with Crippen LogP contribution in [0.1, 0.15) is 11.5 Å². The molecule has 0 fully saturated rings. The van der Waals surface area contributed by atoms with Gasteiger partial charge in [0.1, 0.15) is 12.4 Å². The van der Waals surface area contributed by atoms with E-state index in [1.165, 1.54) is 12.0 Å². The Bertz CT molecular complexity index is 762. The summed E-state index contributed by atoms with van der Waals surface area (Å²) in [4.78, 5) is 32.6. The van der Waals surface area contributed by atoms with Crippen LogP contribution in [0, 0.1) is 6.92 Å². The molecule has 0 saturated heterocycles. The summed E-state index contributed by atoms with van der Waals surface area (Å²) in [5, 5.41) is 5.73. The van der Waals surface area contributed by atoms with Crippen molar-refractivity contribution in [3.8, 4) is 0 Å². The normalized spacial score (nSPS) is 10.4. The second kappa shape index (κ2) is 8.50. The van der Waals surface area contributed by atoms with E-state index in [4.69, 9.17) is 16.3 Å². The number of halogens is 1. The third kappa shape index (κ3) is 5.47. The molecule has 0 aliphatic rings. The molecule has 0 atom stereocenters. The van der Waals surface area contributed by atoms with E-state index in [0.29, 0.717) is 28.8 Å². The Kier molecular flexibility index (Phi) is 6.37. The first-order valence-electron chi connectivity index (χ1n) is 7.50. The van der Waals surface area contributed by atoms with Crippen LogP contribution in [0.15, 0.2) is 24.4 Å². The number of nitrogens with one attached hydrogen (secondary N) is 3. The number of amides is 3. The summed E-state index contributed by atoms with van der Waals surface area (Å²) in [7, 11) is 3.08. The Morgan fingerprint density at radius 2 is 2.12 bits per heavy atom. The van der Waals surface area contributed by atoms with Crippen LogP contribution < -0.4 is 10.6 Å². The number of nitrogens with zero attached hydrogens (tertiary/aromatic N) is 2. The highest BCUT2D eigenvalue weighted by Crippen LogP contribution is 2.26. The van der Waals surface area contributed by atoms with E-state index in [-0.39, 0.29) is 18.5 Å². The van der Waals surface area contributed by atoms with Gasteiger partial charge in [-0.15, -0.1) is 0 Å². The van der Waals surface area contributed by atoms with Gasteiger partial charge in [-0.3, -0.25) is 4.79 Å². The average molecular weight is 366 g/mol. The van der Waals surface area contributed by atoms with Crippen LogP contribution >= 0.6 is 11.6 Å². The van der Waals surface area contributed by atoms with Gasteiger partial charge >= 0.3 is 6.03 Å². The summed E-state index contributed by atoms with van der Waals surface area (Å²) in [5.41, 5.74) is 1.82. The molecular weight excluding hydrogens is 346 g/mol. The molecule has 3 amide bonds. The van der Waals surface area contributed by atoms with E-state index in [0.717, 1.165) is 5.69 Å². The zero-order valence-corrected chi connectivity index (χ0v) is 15.0. The van der Waals surface area contributed by atoms with E-state index in [1.807, 2.05) is 6.92 Å². The van der Waals surface area contributed by atoms with Crippen molar-refractivity contribution < 1.29 is 14.3 Å². The van der Waals surface area contributed by atoms with Crippen molar-refractivity contribution in [2.45, 2.75) is 13.5 Å². The van der Waals surface area contributed by atoms with Crippen molar-refractivity contribution in [1.29, 1.82) is 0 Å². The van der Waals surface area contributed by atoms with Crippen molar-refractivity contribution in [3.05, 3.63) is 40.9 Å². The monoisotopic (exact) mass is 365 g/mol. The Hall–Kier alpha value is -2.58. The maximum Gasteiger partial charge on any atom is 0.322 e. The van der Waals surface area contributed by atoms with Gasteiger partial charge in [0.15, 0.2) is 0 Å². The van der Waals surface area contributed by atoms with Crippen molar-refractivity contribution in [3.63, 3.8) is 0 Å². The molecule has 0 aliphatic carbocycles. The zero-order valence-electron chi connectivity index (χ0n) is 14.2. The number of aromatic nitrogens is 2. The average Bonchev–Trinajstić information content (AvgIpc) is 2.95. The van der Waals surface area contributed by atoms with Gasteiger partial charge in [-0.2, -0.15) is 0 Å². The number of H-pyrrole nitrogens is 1. The molecule has 0 aliphatic heterocycles. The lowest BCUT2D eigenvalue weighted by molar-refractivity contribution is -0.119. The highest BCUT2D eigenvalue weighted by Gasteiger charge is 2.13. The third-order valence-corrected chi connectivity index (χ3v) is 3.59. The number of urea groups is 1. The zero-order chi connectivity index (χ0) is 18.4. The Morgan fingerprint density at radius 1 is 1.36 bits per heavy atom. The lowest BCUT2D eigenvalue weighted by Gasteiger charge is -2.18. The van der Waals surface area contributed by atoms with Crippen LogP contribution in [-0.4, -0.2) is 47.6 Å². The van der Waals surface area contributed by atoms with E-state index in [1.54, 1.807) is 31.4 Å². The van der Waals surface area contributed by atoms with E-state index in [2.05, 4.69) is 20.6 Å². The summed E-state index contributed by atoms with van der Waals surface area (Å²) in [6.45, 7) is 2.15. The molecular formula is C16H20ClN5O3. The molecule has 0 radical (unpaired) electrons. The number of anilines is 2. The molecule has 1 aromatic carbocycles.